The SMILES string of the molecule is CC(CCl)C(=O)Nc1ncc(Br)s1. The molecule has 1 atom stereocenters. The number of nitrogens with zero attached hydrogens (tertiary/aromatic N) is 1. The average Bonchev–Trinajstić information content (AvgIpc) is 2.49. The van der Waals surface area contributed by atoms with Crippen molar-refractivity contribution < 1.29 is 4.79 Å². The zero-order chi connectivity index (χ0) is 9.84. The fraction of sp³-hybridized carbons (Fsp3) is 0.429. The van der Waals surface area contributed by atoms with Gasteiger partial charge in [-0.05, 0) is 15.9 Å². The molecule has 0 fully saturated rings. The molecule has 1 aromatic heterocycles. The topological polar surface area (TPSA) is 42.0 Å². The predicted molar refractivity (Wildman–Crippen MR) is 58.3 cm³/mol. The molecule has 6 heteroatoms. The Hall–Kier alpha value is -0.130. The van der Waals surface area contributed by atoms with Crippen molar-refractivity contribution in [2.45, 2.75) is 6.92 Å². The third-order valence-electron chi connectivity index (χ3n) is 1.39. The number of amides is 1. The molecule has 1 rings (SSSR count). The highest BCUT2D eigenvalue weighted by atomic mass is 79.9. The Kier molecular flexibility index (Phi) is 4.15. The molecular formula is C7H8BrClN2OS. The first kappa shape index (κ1) is 10.9. The van der Waals surface area contributed by atoms with E-state index in [1.54, 1.807) is 13.1 Å². The summed E-state index contributed by atoms with van der Waals surface area (Å²) >= 11 is 10.2. The zero-order valence-corrected chi connectivity index (χ0v) is 10.0. The number of carbonyl (C=O) groups is 1. The molecule has 3 nitrogen and oxygen atoms in total. The lowest BCUT2D eigenvalue weighted by atomic mass is 10.2. The van der Waals surface area contributed by atoms with Gasteiger partial charge in [-0.2, -0.15) is 0 Å². The van der Waals surface area contributed by atoms with Gasteiger partial charge >= 0.3 is 0 Å². The molecule has 0 aliphatic heterocycles. The van der Waals surface area contributed by atoms with E-state index in [9.17, 15) is 4.79 Å². The highest BCUT2D eigenvalue weighted by Crippen LogP contribution is 2.23. The van der Waals surface area contributed by atoms with Gasteiger partial charge in [0.25, 0.3) is 0 Å². The summed E-state index contributed by atoms with van der Waals surface area (Å²) in [6.07, 6.45) is 1.64. The maximum Gasteiger partial charge on any atom is 0.230 e. The summed E-state index contributed by atoms with van der Waals surface area (Å²) in [6, 6.07) is 0. The van der Waals surface area contributed by atoms with Crippen LogP contribution in [-0.4, -0.2) is 16.8 Å². The van der Waals surface area contributed by atoms with Crippen molar-refractivity contribution in [1.82, 2.24) is 4.98 Å². The molecule has 0 saturated heterocycles. The Labute approximate surface area is 93.6 Å². The maximum absolute atomic E-state index is 11.3. The smallest absolute Gasteiger partial charge is 0.230 e. The van der Waals surface area contributed by atoms with E-state index in [1.165, 1.54) is 11.3 Å². The first-order valence-electron chi connectivity index (χ1n) is 3.61. The zero-order valence-electron chi connectivity index (χ0n) is 6.88. The summed E-state index contributed by atoms with van der Waals surface area (Å²) in [4.78, 5) is 15.3. The number of aromatic nitrogens is 1. The molecule has 0 aromatic carbocycles. The van der Waals surface area contributed by atoms with Crippen LogP contribution in [0.5, 0.6) is 0 Å². The molecule has 0 radical (unpaired) electrons. The van der Waals surface area contributed by atoms with Gasteiger partial charge in [0.05, 0.1) is 9.98 Å². The van der Waals surface area contributed by atoms with Gasteiger partial charge in [0.15, 0.2) is 5.13 Å². The predicted octanol–water partition coefficient (Wildman–Crippen LogP) is 2.72. The Morgan fingerprint density at radius 3 is 3.08 bits per heavy atom. The van der Waals surface area contributed by atoms with E-state index < -0.39 is 0 Å². The summed E-state index contributed by atoms with van der Waals surface area (Å²) in [5.41, 5.74) is 0. The first-order valence-corrected chi connectivity index (χ1v) is 5.76. The van der Waals surface area contributed by atoms with E-state index in [0.29, 0.717) is 11.0 Å². The van der Waals surface area contributed by atoms with E-state index >= 15 is 0 Å². The lowest BCUT2D eigenvalue weighted by Gasteiger charge is -2.05. The van der Waals surface area contributed by atoms with Gasteiger partial charge in [0.2, 0.25) is 5.91 Å². The minimum absolute atomic E-state index is 0.100. The fourth-order valence-corrected chi connectivity index (χ4v) is 1.86. The summed E-state index contributed by atoms with van der Waals surface area (Å²) in [6.45, 7) is 1.77. The lowest BCUT2D eigenvalue weighted by Crippen LogP contribution is -2.21. The van der Waals surface area contributed by atoms with Gasteiger partial charge in [0, 0.05) is 11.8 Å². The molecule has 0 aliphatic carbocycles. The monoisotopic (exact) mass is 282 g/mol. The van der Waals surface area contributed by atoms with Gasteiger partial charge < -0.3 is 5.32 Å². The van der Waals surface area contributed by atoms with Crippen LogP contribution >= 0.6 is 38.9 Å². The number of halogens is 2. The van der Waals surface area contributed by atoms with Crippen LogP contribution in [0.4, 0.5) is 5.13 Å². The lowest BCUT2D eigenvalue weighted by molar-refractivity contribution is -0.118. The number of carbonyl (C=O) groups excluding carboxylic acids is 1. The van der Waals surface area contributed by atoms with Crippen LogP contribution in [0.2, 0.25) is 0 Å². The number of rotatable bonds is 3. The van der Waals surface area contributed by atoms with Gasteiger partial charge in [-0.3, -0.25) is 4.79 Å². The van der Waals surface area contributed by atoms with Crippen molar-refractivity contribution >= 4 is 49.9 Å². The second-order valence-corrected chi connectivity index (χ2v) is 5.23. The van der Waals surface area contributed by atoms with Crippen LogP contribution in [0.25, 0.3) is 0 Å². The number of alkyl halides is 1. The number of hydrogen-bond donors (Lipinski definition) is 1. The largest absolute Gasteiger partial charge is 0.302 e. The van der Waals surface area contributed by atoms with Crippen LogP contribution in [-0.2, 0) is 4.79 Å². The van der Waals surface area contributed by atoms with Crippen LogP contribution < -0.4 is 5.32 Å². The van der Waals surface area contributed by atoms with Crippen molar-refractivity contribution in [3.8, 4) is 0 Å². The molecule has 1 unspecified atom stereocenters. The fourth-order valence-electron chi connectivity index (χ4n) is 0.611. The number of thiazole rings is 1. The van der Waals surface area contributed by atoms with E-state index in [1.807, 2.05) is 0 Å². The van der Waals surface area contributed by atoms with Gasteiger partial charge in [-0.25, -0.2) is 4.98 Å². The average molecular weight is 284 g/mol. The minimum atomic E-state index is -0.190. The van der Waals surface area contributed by atoms with E-state index in [2.05, 4.69) is 26.2 Å². The van der Waals surface area contributed by atoms with Crippen molar-refractivity contribution in [3.05, 3.63) is 9.98 Å². The molecule has 1 heterocycles. The first-order chi connectivity index (χ1) is 6.13. The molecule has 0 saturated carbocycles. The Morgan fingerprint density at radius 2 is 2.62 bits per heavy atom. The Morgan fingerprint density at radius 1 is 1.92 bits per heavy atom. The Bertz CT molecular complexity index is 304. The molecule has 0 bridgehead atoms. The van der Waals surface area contributed by atoms with Crippen LogP contribution in [0.15, 0.2) is 9.98 Å². The summed E-state index contributed by atoms with van der Waals surface area (Å²) in [7, 11) is 0. The van der Waals surface area contributed by atoms with Crippen molar-refractivity contribution in [2.75, 3.05) is 11.2 Å². The number of anilines is 1. The summed E-state index contributed by atoms with van der Waals surface area (Å²) in [5.74, 6) is 0.0273. The number of hydrogen-bond acceptors (Lipinski definition) is 3. The van der Waals surface area contributed by atoms with Gasteiger partial charge in [-0.1, -0.05) is 18.3 Å². The molecule has 1 amide bonds. The van der Waals surface area contributed by atoms with E-state index in [-0.39, 0.29) is 11.8 Å². The van der Waals surface area contributed by atoms with Gasteiger partial charge in [-0.15, -0.1) is 11.6 Å². The third-order valence-corrected chi connectivity index (χ3v) is 3.24. The van der Waals surface area contributed by atoms with Crippen LogP contribution in [0.1, 0.15) is 6.92 Å². The maximum atomic E-state index is 11.3. The van der Waals surface area contributed by atoms with Crippen molar-refractivity contribution in [1.29, 1.82) is 0 Å². The summed E-state index contributed by atoms with van der Waals surface area (Å²) in [5, 5.41) is 3.26. The highest BCUT2D eigenvalue weighted by molar-refractivity contribution is 9.11. The van der Waals surface area contributed by atoms with Gasteiger partial charge in [0.1, 0.15) is 0 Å². The van der Waals surface area contributed by atoms with Crippen LogP contribution in [0.3, 0.4) is 0 Å². The molecule has 1 aromatic rings. The molecule has 72 valence electrons. The molecule has 13 heavy (non-hydrogen) atoms. The molecule has 1 N–H and O–H groups in total. The molecule has 0 aliphatic rings. The van der Waals surface area contributed by atoms with E-state index in [4.69, 9.17) is 11.6 Å². The third kappa shape index (κ3) is 3.25. The van der Waals surface area contributed by atoms with E-state index in [0.717, 1.165) is 3.79 Å². The second kappa shape index (κ2) is 4.93. The number of nitrogens with one attached hydrogen (secondary N) is 1. The summed E-state index contributed by atoms with van der Waals surface area (Å²) < 4.78 is 0.890. The quantitative estimate of drug-likeness (QED) is 0.867. The minimum Gasteiger partial charge on any atom is -0.302 e. The molecular weight excluding hydrogens is 276 g/mol. The molecule has 0 spiro atoms. The highest BCUT2D eigenvalue weighted by Gasteiger charge is 2.12. The second-order valence-electron chi connectivity index (χ2n) is 2.51. The standard InChI is InChI=1S/C7H8BrClN2OS/c1-4(2-9)6(12)11-7-10-3-5(8)13-7/h3-4H,2H2,1H3,(H,10,11,12). The van der Waals surface area contributed by atoms with Crippen molar-refractivity contribution in [2.24, 2.45) is 5.92 Å². The normalized spacial score (nSPS) is 12.5. The van der Waals surface area contributed by atoms with Crippen molar-refractivity contribution in [3.63, 3.8) is 0 Å². The Balaban J connectivity index is 2.54. The van der Waals surface area contributed by atoms with Crippen LogP contribution in [0, 0.1) is 5.92 Å².